The first-order valence-electron chi connectivity index (χ1n) is 7.77. The molecule has 0 atom stereocenters. The quantitative estimate of drug-likeness (QED) is 0.759. The molecule has 0 aliphatic carbocycles. The van der Waals surface area contributed by atoms with Gasteiger partial charge < -0.3 is 10.2 Å². The minimum absolute atomic E-state index is 0.190. The summed E-state index contributed by atoms with van der Waals surface area (Å²) < 4.78 is 0. The maximum atomic E-state index is 10.5. The Morgan fingerprint density at radius 2 is 1.40 bits per heavy atom. The molecular formula is C21H22O4. The second kappa shape index (κ2) is 9.88. The van der Waals surface area contributed by atoms with Gasteiger partial charge in [-0.3, -0.25) is 0 Å². The second-order valence-corrected chi connectivity index (χ2v) is 5.35. The van der Waals surface area contributed by atoms with Gasteiger partial charge in [0, 0.05) is 0 Å². The monoisotopic (exact) mass is 338 g/mol. The third-order valence-electron chi connectivity index (χ3n) is 3.61. The minimum Gasteiger partial charge on any atom is -0.478 e. The molecule has 130 valence electrons. The summed E-state index contributed by atoms with van der Waals surface area (Å²) in [5.74, 6) is -2.46. The highest BCUT2D eigenvalue weighted by Gasteiger charge is 2.13. The maximum Gasteiger partial charge on any atom is 0.336 e. The van der Waals surface area contributed by atoms with E-state index in [-0.39, 0.29) is 11.1 Å². The van der Waals surface area contributed by atoms with Crippen LogP contribution >= 0.6 is 0 Å². The third-order valence-corrected chi connectivity index (χ3v) is 3.61. The van der Waals surface area contributed by atoms with Gasteiger partial charge in [-0.05, 0) is 48.6 Å². The number of rotatable bonds is 6. The molecule has 2 N–H and O–H groups in total. The first-order chi connectivity index (χ1) is 11.9. The Labute approximate surface area is 147 Å². The van der Waals surface area contributed by atoms with Crippen molar-refractivity contribution in [1.82, 2.24) is 0 Å². The van der Waals surface area contributed by atoms with Crippen LogP contribution < -0.4 is 0 Å². The van der Waals surface area contributed by atoms with Crippen molar-refractivity contribution >= 4 is 11.9 Å². The lowest BCUT2D eigenvalue weighted by atomic mass is 9.97. The number of carbonyl (C=O) groups is 2. The van der Waals surface area contributed by atoms with Gasteiger partial charge in [0.05, 0.1) is 11.1 Å². The van der Waals surface area contributed by atoms with Crippen LogP contribution in [0, 0.1) is 6.92 Å². The highest BCUT2D eigenvalue weighted by Crippen LogP contribution is 2.16. The van der Waals surface area contributed by atoms with E-state index in [1.807, 2.05) is 12.2 Å². The minimum atomic E-state index is -1.23. The number of carboxylic acids is 2. The van der Waals surface area contributed by atoms with Crippen molar-refractivity contribution < 1.29 is 19.8 Å². The lowest BCUT2D eigenvalue weighted by Crippen LogP contribution is -2.06. The van der Waals surface area contributed by atoms with Gasteiger partial charge in [-0.25, -0.2) is 9.59 Å². The molecule has 0 spiro atoms. The molecular weight excluding hydrogens is 316 g/mol. The molecule has 0 saturated heterocycles. The average Bonchev–Trinajstić information content (AvgIpc) is 2.59. The Morgan fingerprint density at radius 1 is 0.880 bits per heavy atom. The van der Waals surface area contributed by atoms with Crippen molar-refractivity contribution in [2.24, 2.45) is 0 Å². The fourth-order valence-corrected chi connectivity index (χ4v) is 2.40. The number of benzene rings is 2. The molecule has 0 radical (unpaired) electrons. The van der Waals surface area contributed by atoms with Crippen molar-refractivity contribution in [3.63, 3.8) is 0 Å². The average molecular weight is 338 g/mol. The summed E-state index contributed by atoms with van der Waals surface area (Å²) in [4.78, 5) is 20.9. The van der Waals surface area contributed by atoms with Gasteiger partial charge >= 0.3 is 11.9 Å². The predicted molar refractivity (Wildman–Crippen MR) is 99.3 cm³/mol. The van der Waals surface area contributed by atoms with Gasteiger partial charge in [0.25, 0.3) is 0 Å². The van der Waals surface area contributed by atoms with E-state index < -0.39 is 11.9 Å². The zero-order chi connectivity index (χ0) is 18.8. The molecule has 0 fully saturated rings. The van der Waals surface area contributed by atoms with E-state index in [0.717, 1.165) is 12.8 Å². The highest BCUT2D eigenvalue weighted by molar-refractivity contribution is 6.01. The van der Waals surface area contributed by atoms with Gasteiger partial charge in [0.1, 0.15) is 0 Å². The molecule has 2 aromatic rings. The van der Waals surface area contributed by atoms with Crippen LogP contribution in [0.5, 0.6) is 0 Å². The Morgan fingerprint density at radius 3 is 1.84 bits per heavy atom. The smallest absolute Gasteiger partial charge is 0.336 e. The van der Waals surface area contributed by atoms with Crippen LogP contribution in [0.4, 0.5) is 0 Å². The molecule has 0 aliphatic heterocycles. The first-order valence-corrected chi connectivity index (χ1v) is 7.77. The first kappa shape index (κ1) is 19.9. The van der Waals surface area contributed by atoms with Crippen molar-refractivity contribution in [1.29, 1.82) is 0 Å². The molecule has 0 heterocycles. The number of hydrogen-bond donors (Lipinski definition) is 2. The van der Waals surface area contributed by atoms with Gasteiger partial charge in [-0.2, -0.15) is 0 Å². The van der Waals surface area contributed by atoms with Crippen LogP contribution in [0.1, 0.15) is 37.4 Å². The molecule has 4 nitrogen and oxygen atoms in total. The molecule has 0 unspecified atom stereocenters. The van der Waals surface area contributed by atoms with Crippen molar-refractivity contribution in [2.75, 3.05) is 0 Å². The highest BCUT2D eigenvalue weighted by atomic mass is 16.4. The van der Waals surface area contributed by atoms with E-state index in [4.69, 9.17) is 10.2 Å². The lowest BCUT2D eigenvalue weighted by molar-refractivity contribution is 0.0651. The summed E-state index contributed by atoms with van der Waals surface area (Å²) in [7, 11) is 0. The molecule has 0 saturated carbocycles. The molecule has 2 aromatic carbocycles. The lowest BCUT2D eigenvalue weighted by Gasteiger charge is -2.08. The summed E-state index contributed by atoms with van der Waals surface area (Å²) in [6, 6.07) is 11.9. The molecule has 4 heteroatoms. The Kier molecular flexibility index (Phi) is 7.87. The van der Waals surface area contributed by atoms with Gasteiger partial charge in [-0.15, -0.1) is 13.2 Å². The summed E-state index contributed by atoms with van der Waals surface area (Å²) in [6.07, 6.45) is 5.80. The Bertz CT molecular complexity index is 742. The molecule has 0 amide bonds. The summed E-state index contributed by atoms with van der Waals surface area (Å²) in [5, 5.41) is 17.1. The topological polar surface area (TPSA) is 74.6 Å². The van der Waals surface area contributed by atoms with Crippen molar-refractivity contribution in [2.45, 2.75) is 19.8 Å². The van der Waals surface area contributed by atoms with E-state index in [9.17, 15) is 9.59 Å². The molecule has 0 bridgehead atoms. The fraction of sp³-hybridized carbons (Fsp3) is 0.143. The Hall–Kier alpha value is -3.14. The van der Waals surface area contributed by atoms with E-state index in [1.54, 1.807) is 0 Å². The largest absolute Gasteiger partial charge is 0.478 e. The summed E-state index contributed by atoms with van der Waals surface area (Å²) in [5.41, 5.74) is 3.74. The van der Waals surface area contributed by atoms with Crippen LogP contribution in [0.25, 0.3) is 0 Å². The predicted octanol–water partition coefficient (Wildman–Crippen LogP) is 4.54. The van der Waals surface area contributed by atoms with E-state index in [2.05, 4.69) is 38.3 Å². The number of allylic oxidation sites excluding steroid dienone is 2. The number of hydrogen-bond acceptors (Lipinski definition) is 2. The van der Waals surface area contributed by atoms with Gasteiger partial charge in [0.2, 0.25) is 0 Å². The third kappa shape index (κ3) is 5.77. The molecule has 0 aromatic heterocycles. The number of aryl methyl sites for hydroxylation is 1. The zero-order valence-electron chi connectivity index (χ0n) is 14.2. The van der Waals surface area contributed by atoms with Crippen molar-refractivity contribution in [3.05, 3.63) is 95.6 Å². The van der Waals surface area contributed by atoms with Crippen LogP contribution in [0.15, 0.2) is 67.8 Å². The van der Waals surface area contributed by atoms with Crippen LogP contribution in [-0.2, 0) is 12.8 Å². The maximum absolute atomic E-state index is 10.5. The fourth-order valence-electron chi connectivity index (χ4n) is 2.40. The van der Waals surface area contributed by atoms with E-state index >= 15 is 0 Å². The summed E-state index contributed by atoms with van der Waals surface area (Å²) >= 11 is 0. The van der Waals surface area contributed by atoms with Gasteiger partial charge in [0.15, 0.2) is 0 Å². The van der Waals surface area contributed by atoms with Crippen molar-refractivity contribution in [3.8, 4) is 0 Å². The Balaban J connectivity index is 0.000000251. The normalized spacial score (nSPS) is 9.48. The summed E-state index contributed by atoms with van der Waals surface area (Å²) in [6.45, 7) is 9.68. The molecule has 25 heavy (non-hydrogen) atoms. The van der Waals surface area contributed by atoms with Crippen LogP contribution in [0.2, 0.25) is 0 Å². The standard InChI is InChI=1S/C13H16.C8H6O4/c1-4-7-12-10-6-9-11(3)13(12)8-5-2;9-7(10)5-3-1-2-4-6(5)8(11)12/h4-6,9-10H,1-2,7-8H2,3H3;1-4H,(H,9,10)(H,11,12). The van der Waals surface area contributed by atoms with Crippen LogP contribution in [0.3, 0.4) is 0 Å². The second-order valence-electron chi connectivity index (χ2n) is 5.35. The molecule has 0 aliphatic rings. The molecule has 2 rings (SSSR count). The number of carboxylic acid groups (broad SMARTS) is 2. The van der Waals surface area contributed by atoms with Crippen LogP contribution in [-0.4, -0.2) is 22.2 Å². The SMILES string of the molecule is C=CCc1cccc(C)c1CC=C.O=C(O)c1ccccc1C(=O)O. The zero-order valence-corrected chi connectivity index (χ0v) is 14.2. The number of aromatic carboxylic acids is 2. The van der Waals surface area contributed by atoms with Gasteiger partial charge in [-0.1, -0.05) is 42.5 Å². The van der Waals surface area contributed by atoms with E-state index in [1.165, 1.54) is 41.0 Å². The van der Waals surface area contributed by atoms with E-state index in [0.29, 0.717) is 0 Å².